The number of amides is 1. The summed E-state index contributed by atoms with van der Waals surface area (Å²) < 4.78 is 5.90. The summed E-state index contributed by atoms with van der Waals surface area (Å²) >= 11 is 6.26. The van der Waals surface area contributed by atoms with E-state index in [1.54, 1.807) is 55.6 Å². The number of allylic oxidation sites excluding steroid dienone is 1. The van der Waals surface area contributed by atoms with Crippen LogP contribution < -0.4 is 15.4 Å². The molecule has 0 aliphatic carbocycles. The number of aromatic nitrogens is 3. The van der Waals surface area contributed by atoms with Crippen molar-refractivity contribution in [3.8, 4) is 11.5 Å². The van der Waals surface area contributed by atoms with Gasteiger partial charge in [-0.05, 0) is 56.6 Å². The molecule has 0 spiro atoms. The van der Waals surface area contributed by atoms with E-state index in [1.165, 1.54) is 12.3 Å². The number of fused-ring (bicyclic) bond motifs is 1. The van der Waals surface area contributed by atoms with Crippen molar-refractivity contribution >= 4 is 46.0 Å². The van der Waals surface area contributed by atoms with Gasteiger partial charge in [0.25, 0.3) is 5.91 Å². The van der Waals surface area contributed by atoms with E-state index in [9.17, 15) is 9.59 Å². The Labute approximate surface area is 213 Å². The van der Waals surface area contributed by atoms with Crippen LogP contribution in [0, 0.1) is 0 Å². The third-order valence-corrected chi connectivity index (χ3v) is 5.45. The first kappa shape index (κ1) is 24.9. The van der Waals surface area contributed by atoms with E-state index in [0.29, 0.717) is 45.8 Å². The molecule has 184 valence electrons. The van der Waals surface area contributed by atoms with Gasteiger partial charge in [-0.2, -0.15) is 0 Å². The Kier molecular flexibility index (Phi) is 7.62. The summed E-state index contributed by atoms with van der Waals surface area (Å²) in [6, 6.07) is 13.8. The predicted molar refractivity (Wildman–Crippen MR) is 141 cm³/mol. The van der Waals surface area contributed by atoms with Gasteiger partial charge < -0.3 is 25.3 Å². The van der Waals surface area contributed by atoms with Gasteiger partial charge in [0, 0.05) is 43.2 Å². The average Bonchev–Trinajstić information content (AvgIpc) is 3.26. The van der Waals surface area contributed by atoms with Crippen molar-refractivity contribution in [3.05, 3.63) is 83.2 Å². The zero-order valence-electron chi connectivity index (χ0n) is 20.0. The molecule has 2 aromatic heterocycles. The van der Waals surface area contributed by atoms with Crippen molar-refractivity contribution in [1.29, 1.82) is 0 Å². The molecule has 10 heteroatoms. The molecule has 0 atom stereocenters. The summed E-state index contributed by atoms with van der Waals surface area (Å²) in [7, 11) is 5.40. The minimum absolute atomic E-state index is 0.174. The minimum atomic E-state index is -0.296. The third kappa shape index (κ3) is 6.07. The molecular formula is C26H25ClN6O3. The van der Waals surface area contributed by atoms with Crippen LogP contribution in [0.25, 0.3) is 11.0 Å². The van der Waals surface area contributed by atoms with E-state index in [1.807, 2.05) is 25.1 Å². The molecule has 0 bridgehead atoms. The van der Waals surface area contributed by atoms with Crippen molar-refractivity contribution in [2.45, 2.75) is 0 Å². The summed E-state index contributed by atoms with van der Waals surface area (Å²) in [4.78, 5) is 38.2. The maximum atomic E-state index is 12.6. The second-order valence-electron chi connectivity index (χ2n) is 8.17. The maximum Gasteiger partial charge on any atom is 0.269 e. The summed E-state index contributed by atoms with van der Waals surface area (Å²) in [5.41, 5.74) is 2.79. The third-order valence-electron chi connectivity index (χ3n) is 5.12. The number of ketones is 1. The molecule has 0 saturated carbocycles. The number of pyridine rings is 1. The number of rotatable bonds is 9. The molecular weight excluding hydrogens is 480 g/mol. The molecule has 0 aliphatic rings. The Morgan fingerprint density at radius 1 is 1.11 bits per heavy atom. The number of hydrogen-bond donors (Lipinski definition) is 3. The maximum absolute atomic E-state index is 12.6. The molecule has 0 unspecified atom stereocenters. The molecule has 0 saturated heterocycles. The van der Waals surface area contributed by atoms with E-state index in [0.717, 1.165) is 5.52 Å². The monoisotopic (exact) mass is 504 g/mol. The highest BCUT2D eigenvalue weighted by Gasteiger charge is 2.11. The number of nitrogens with zero attached hydrogens (tertiary/aromatic N) is 3. The Morgan fingerprint density at radius 2 is 1.92 bits per heavy atom. The lowest BCUT2D eigenvalue weighted by Gasteiger charge is -2.07. The molecule has 4 rings (SSSR count). The van der Waals surface area contributed by atoms with E-state index in [4.69, 9.17) is 16.3 Å². The molecule has 0 radical (unpaired) electrons. The second kappa shape index (κ2) is 11.0. The molecule has 2 aromatic carbocycles. The van der Waals surface area contributed by atoms with Gasteiger partial charge in [0.1, 0.15) is 17.2 Å². The van der Waals surface area contributed by atoms with Crippen molar-refractivity contribution in [2.75, 3.05) is 33.0 Å². The normalized spacial score (nSPS) is 11.2. The first-order valence-corrected chi connectivity index (χ1v) is 11.5. The molecule has 36 heavy (non-hydrogen) atoms. The Balaban J connectivity index is 1.51. The number of aromatic amines is 1. The van der Waals surface area contributed by atoms with Crippen molar-refractivity contribution < 1.29 is 14.3 Å². The SMILES string of the molecule is CNC(=O)c1cc(Oc2ccc3[nH]c(Nc4ccc(Cl)c(C(=O)/C=C/CN(C)C)c4)nc3c2)ccn1. The number of ether oxygens (including phenoxy) is 1. The predicted octanol–water partition coefficient (Wildman–Crippen LogP) is 4.81. The second-order valence-corrected chi connectivity index (χ2v) is 8.58. The number of anilines is 2. The number of benzene rings is 2. The number of halogens is 1. The molecule has 4 aromatic rings. The molecule has 3 N–H and O–H groups in total. The standard InChI is InChI=1S/C26H25ClN6O3/c1-28-25(35)23-15-18(10-11-29-23)36-17-7-9-21-22(14-17)32-26(31-21)30-16-6-8-20(27)19(13-16)24(34)5-4-12-33(2)3/h4-11,13-15H,12H2,1-3H3,(H,28,35)(H2,30,31,32)/b5-4+. The van der Waals surface area contributed by atoms with Crippen LogP contribution in [0.5, 0.6) is 11.5 Å². The van der Waals surface area contributed by atoms with Gasteiger partial charge >= 0.3 is 0 Å². The van der Waals surface area contributed by atoms with Gasteiger partial charge in [-0.1, -0.05) is 17.7 Å². The Hall–Kier alpha value is -4.21. The van der Waals surface area contributed by atoms with E-state index in [-0.39, 0.29) is 17.4 Å². The highest BCUT2D eigenvalue weighted by atomic mass is 35.5. The van der Waals surface area contributed by atoms with Gasteiger partial charge in [0.05, 0.1) is 16.1 Å². The van der Waals surface area contributed by atoms with E-state index >= 15 is 0 Å². The van der Waals surface area contributed by atoms with Crippen molar-refractivity contribution in [2.24, 2.45) is 0 Å². The van der Waals surface area contributed by atoms with E-state index < -0.39 is 0 Å². The average molecular weight is 505 g/mol. The lowest BCUT2D eigenvalue weighted by molar-refractivity contribution is 0.0957. The topological polar surface area (TPSA) is 112 Å². The smallest absolute Gasteiger partial charge is 0.269 e. The van der Waals surface area contributed by atoms with Gasteiger partial charge in [-0.25, -0.2) is 4.98 Å². The number of imidazole rings is 1. The van der Waals surface area contributed by atoms with Crippen LogP contribution in [0.4, 0.5) is 11.6 Å². The minimum Gasteiger partial charge on any atom is -0.457 e. The fourth-order valence-electron chi connectivity index (χ4n) is 3.36. The number of carbonyl (C=O) groups is 2. The number of nitrogens with one attached hydrogen (secondary N) is 3. The Morgan fingerprint density at radius 3 is 2.69 bits per heavy atom. The van der Waals surface area contributed by atoms with Crippen LogP contribution in [0.1, 0.15) is 20.8 Å². The molecule has 0 fully saturated rings. The number of likely N-dealkylation sites (N-methyl/N-ethyl adjacent to an activating group) is 1. The van der Waals surface area contributed by atoms with Crippen molar-refractivity contribution in [1.82, 2.24) is 25.2 Å². The van der Waals surface area contributed by atoms with E-state index in [2.05, 4.69) is 25.6 Å². The molecule has 0 aliphatic heterocycles. The summed E-state index contributed by atoms with van der Waals surface area (Å²) in [5.74, 6) is 1.06. The van der Waals surface area contributed by atoms with Gasteiger partial charge in [-0.3, -0.25) is 14.6 Å². The Bertz CT molecular complexity index is 1450. The lowest BCUT2D eigenvalue weighted by Crippen LogP contribution is -2.18. The molecule has 1 amide bonds. The van der Waals surface area contributed by atoms with Crippen molar-refractivity contribution in [3.63, 3.8) is 0 Å². The fourth-order valence-corrected chi connectivity index (χ4v) is 3.57. The van der Waals surface area contributed by atoms with Crippen LogP contribution in [0.15, 0.2) is 66.9 Å². The van der Waals surface area contributed by atoms with Crippen LogP contribution in [0.2, 0.25) is 5.02 Å². The quantitative estimate of drug-likeness (QED) is 0.221. The van der Waals surface area contributed by atoms with Crippen LogP contribution in [-0.4, -0.2) is 59.2 Å². The van der Waals surface area contributed by atoms with Gasteiger partial charge in [0.15, 0.2) is 5.78 Å². The van der Waals surface area contributed by atoms with Crippen LogP contribution in [-0.2, 0) is 0 Å². The van der Waals surface area contributed by atoms with Crippen LogP contribution in [0.3, 0.4) is 0 Å². The summed E-state index contributed by atoms with van der Waals surface area (Å²) in [5, 5.41) is 6.09. The van der Waals surface area contributed by atoms with Crippen LogP contribution >= 0.6 is 11.6 Å². The van der Waals surface area contributed by atoms with Gasteiger partial charge in [0.2, 0.25) is 5.95 Å². The number of hydrogen-bond acceptors (Lipinski definition) is 7. The fraction of sp³-hybridized carbons (Fsp3) is 0.154. The first-order valence-electron chi connectivity index (χ1n) is 11.1. The largest absolute Gasteiger partial charge is 0.457 e. The number of H-pyrrole nitrogens is 1. The highest BCUT2D eigenvalue weighted by Crippen LogP contribution is 2.28. The van der Waals surface area contributed by atoms with Gasteiger partial charge in [-0.15, -0.1) is 0 Å². The summed E-state index contributed by atoms with van der Waals surface area (Å²) in [6.45, 7) is 0.655. The lowest BCUT2D eigenvalue weighted by atomic mass is 10.1. The zero-order valence-corrected chi connectivity index (χ0v) is 20.8. The molecule has 2 heterocycles. The molecule has 9 nitrogen and oxygen atoms in total. The zero-order chi connectivity index (χ0) is 25.7. The first-order chi connectivity index (χ1) is 17.3. The summed E-state index contributed by atoms with van der Waals surface area (Å²) in [6.07, 6.45) is 4.83. The highest BCUT2D eigenvalue weighted by molar-refractivity contribution is 6.34. The number of carbonyl (C=O) groups excluding carboxylic acids is 2.